The summed E-state index contributed by atoms with van der Waals surface area (Å²) >= 11 is 3.22. The Morgan fingerprint density at radius 1 is 0.966 bits per heavy atom. The Balaban J connectivity index is 1.55. The fourth-order valence-corrected chi connectivity index (χ4v) is 4.44. The lowest BCUT2D eigenvalue weighted by Crippen LogP contribution is -2.45. The number of thioether (sulfide) groups is 1. The van der Waals surface area contributed by atoms with Gasteiger partial charge in [0.25, 0.3) is 5.91 Å². The maximum atomic E-state index is 12.8. The van der Waals surface area contributed by atoms with Gasteiger partial charge in [0.2, 0.25) is 0 Å². The van der Waals surface area contributed by atoms with E-state index >= 15 is 0 Å². The lowest BCUT2D eigenvalue weighted by molar-refractivity contribution is -0.128. The van der Waals surface area contributed by atoms with Crippen LogP contribution in [0.1, 0.15) is 11.1 Å². The molecule has 1 amide bonds. The molecule has 0 radical (unpaired) electrons. The first kappa shape index (κ1) is 21.1. The van der Waals surface area contributed by atoms with Crippen molar-refractivity contribution in [1.82, 2.24) is 5.32 Å². The number of carbonyl (C=O) groups excluding carboxylic acids is 2. The van der Waals surface area contributed by atoms with E-state index < -0.39 is 6.04 Å². The molecule has 1 unspecified atom stereocenters. The highest BCUT2D eigenvalue weighted by Gasteiger charge is 2.21. The Bertz CT molecular complexity index is 883. The van der Waals surface area contributed by atoms with Gasteiger partial charge in [-0.05, 0) is 46.5 Å². The second-order valence-electron chi connectivity index (χ2n) is 6.50. The number of amides is 1. The summed E-state index contributed by atoms with van der Waals surface area (Å²) in [6.45, 7) is -0.120. The standard InChI is InChI=1S/C23H23NO3S2/c25-22(17-29-16-19-11-12-28-15-19)21(13-18-7-3-1-4-8-18)24-23(26)14-27-20-9-5-2-6-10-20/h1-12,15,21H,13-14,16-17H2,(H,24,26). The SMILES string of the molecule is O=C(COc1ccccc1)NC(Cc1ccccc1)C(=O)CSCc1ccsc1. The molecule has 1 aromatic heterocycles. The van der Waals surface area contributed by atoms with Gasteiger partial charge >= 0.3 is 0 Å². The van der Waals surface area contributed by atoms with Crippen LogP contribution in [0.15, 0.2) is 77.5 Å². The quantitative estimate of drug-likeness (QED) is 0.496. The largest absolute Gasteiger partial charge is 0.484 e. The lowest BCUT2D eigenvalue weighted by Gasteiger charge is -2.18. The van der Waals surface area contributed by atoms with Crippen LogP contribution in [0.25, 0.3) is 0 Å². The van der Waals surface area contributed by atoms with Gasteiger partial charge in [-0.3, -0.25) is 9.59 Å². The van der Waals surface area contributed by atoms with Gasteiger partial charge < -0.3 is 10.1 Å². The summed E-state index contributed by atoms with van der Waals surface area (Å²) in [6.07, 6.45) is 0.468. The van der Waals surface area contributed by atoms with Crippen LogP contribution in [0.3, 0.4) is 0 Å². The molecule has 0 saturated heterocycles. The van der Waals surface area contributed by atoms with Crippen LogP contribution in [-0.4, -0.2) is 30.1 Å². The molecule has 0 aliphatic carbocycles. The average molecular weight is 426 g/mol. The van der Waals surface area contributed by atoms with Gasteiger partial charge in [0, 0.05) is 5.75 Å². The molecule has 150 valence electrons. The minimum Gasteiger partial charge on any atom is -0.484 e. The molecule has 4 nitrogen and oxygen atoms in total. The molecule has 2 aromatic carbocycles. The first-order chi connectivity index (χ1) is 14.2. The molecule has 6 heteroatoms. The Kier molecular flexibility index (Phi) is 8.34. The third-order valence-corrected chi connectivity index (χ3v) is 5.97. The van der Waals surface area contributed by atoms with Crippen LogP contribution in [0, 0.1) is 0 Å². The molecule has 0 saturated carbocycles. The summed E-state index contributed by atoms with van der Waals surface area (Å²) in [5, 5.41) is 6.97. The Morgan fingerprint density at radius 2 is 1.69 bits per heavy atom. The number of ketones is 1. The summed E-state index contributed by atoms with van der Waals surface area (Å²) in [5.41, 5.74) is 2.23. The summed E-state index contributed by atoms with van der Waals surface area (Å²) in [5.74, 6) is 1.49. The molecular weight excluding hydrogens is 402 g/mol. The second kappa shape index (κ2) is 11.4. The van der Waals surface area contributed by atoms with Crippen LogP contribution in [0.4, 0.5) is 0 Å². The van der Waals surface area contributed by atoms with E-state index in [-0.39, 0.29) is 18.3 Å². The summed E-state index contributed by atoms with van der Waals surface area (Å²) in [4.78, 5) is 25.2. The normalized spacial score (nSPS) is 11.6. The van der Waals surface area contributed by atoms with Crippen LogP contribution < -0.4 is 10.1 Å². The molecule has 29 heavy (non-hydrogen) atoms. The number of benzene rings is 2. The van der Waals surface area contributed by atoms with Crippen LogP contribution in [0.5, 0.6) is 5.75 Å². The van der Waals surface area contributed by atoms with Crippen molar-refractivity contribution in [2.45, 2.75) is 18.2 Å². The van der Waals surface area contributed by atoms with E-state index in [9.17, 15) is 9.59 Å². The van der Waals surface area contributed by atoms with Crippen LogP contribution >= 0.6 is 23.1 Å². The smallest absolute Gasteiger partial charge is 0.258 e. The number of rotatable bonds is 11. The molecule has 1 atom stereocenters. The maximum Gasteiger partial charge on any atom is 0.258 e. The van der Waals surface area contributed by atoms with Crippen molar-refractivity contribution in [2.24, 2.45) is 0 Å². The molecular formula is C23H23NO3S2. The minimum atomic E-state index is -0.570. The summed E-state index contributed by atoms with van der Waals surface area (Å²) in [7, 11) is 0. The number of ether oxygens (including phenoxy) is 1. The van der Waals surface area contributed by atoms with E-state index in [1.54, 1.807) is 35.2 Å². The van der Waals surface area contributed by atoms with Gasteiger partial charge in [-0.2, -0.15) is 11.3 Å². The van der Waals surface area contributed by atoms with Crippen LogP contribution in [0.2, 0.25) is 0 Å². The number of hydrogen-bond donors (Lipinski definition) is 1. The highest BCUT2D eigenvalue weighted by molar-refractivity contribution is 7.99. The molecule has 3 rings (SSSR count). The van der Waals surface area contributed by atoms with E-state index in [1.165, 1.54) is 5.56 Å². The van der Waals surface area contributed by atoms with Gasteiger partial charge in [0.05, 0.1) is 11.8 Å². The van der Waals surface area contributed by atoms with Gasteiger partial charge in [0.1, 0.15) is 5.75 Å². The Hall–Kier alpha value is -2.57. The zero-order valence-corrected chi connectivity index (χ0v) is 17.6. The molecule has 3 aromatic rings. The molecule has 0 spiro atoms. The van der Waals surface area contributed by atoms with E-state index in [1.807, 2.05) is 53.9 Å². The van der Waals surface area contributed by atoms with E-state index in [0.717, 1.165) is 11.3 Å². The van der Waals surface area contributed by atoms with Gasteiger partial charge in [-0.1, -0.05) is 48.5 Å². The number of Topliss-reactive ketones (excluding diaryl/α,β-unsaturated/α-hetero) is 1. The third-order valence-electron chi connectivity index (χ3n) is 4.21. The Labute approximate surface area is 179 Å². The predicted octanol–water partition coefficient (Wildman–Crippen LogP) is 4.36. The number of carbonyl (C=O) groups is 2. The van der Waals surface area contributed by atoms with Gasteiger partial charge in [-0.15, -0.1) is 11.8 Å². The molecule has 0 fully saturated rings. The van der Waals surface area contributed by atoms with Crippen LogP contribution in [-0.2, 0) is 21.8 Å². The summed E-state index contributed by atoms with van der Waals surface area (Å²) in [6, 6.07) is 20.4. The van der Waals surface area contributed by atoms with Crippen molar-refractivity contribution in [2.75, 3.05) is 12.4 Å². The zero-order valence-electron chi connectivity index (χ0n) is 16.0. The van der Waals surface area contributed by atoms with Crippen molar-refractivity contribution in [1.29, 1.82) is 0 Å². The van der Waals surface area contributed by atoms with Crippen molar-refractivity contribution in [3.63, 3.8) is 0 Å². The first-order valence-electron chi connectivity index (χ1n) is 9.33. The third kappa shape index (κ3) is 7.40. The van der Waals surface area contributed by atoms with E-state index in [4.69, 9.17) is 4.74 Å². The lowest BCUT2D eigenvalue weighted by atomic mass is 10.0. The Morgan fingerprint density at radius 3 is 2.38 bits per heavy atom. The fourth-order valence-electron chi connectivity index (χ4n) is 2.74. The summed E-state index contributed by atoms with van der Waals surface area (Å²) < 4.78 is 5.50. The molecule has 0 bridgehead atoms. The molecule has 0 aliphatic rings. The van der Waals surface area contributed by atoms with E-state index in [0.29, 0.717) is 17.9 Å². The number of thiophene rings is 1. The second-order valence-corrected chi connectivity index (χ2v) is 8.27. The van der Waals surface area contributed by atoms with Crippen molar-refractivity contribution >= 4 is 34.8 Å². The molecule has 0 aliphatic heterocycles. The number of para-hydroxylation sites is 1. The molecule has 1 heterocycles. The van der Waals surface area contributed by atoms with Gasteiger partial charge in [-0.25, -0.2) is 0 Å². The monoisotopic (exact) mass is 425 g/mol. The zero-order chi connectivity index (χ0) is 20.3. The minimum absolute atomic E-state index is 0.0159. The number of hydrogen-bond acceptors (Lipinski definition) is 5. The van der Waals surface area contributed by atoms with E-state index in [2.05, 4.69) is 16.8 Å². The van der Waals surface area contributed by atoms with Crippen molar-refractivity contribution in [3.8, 4) is 5.75 Å². The molecule has 1 N–H and O–H groups in total. The predicted molar refractivity (Wildman–Crippen MR) is 120 cm³/mol. The average Bonchev–Trinajstić information content (AvgIpc) is 3.27. The topological polar surface area (TPSA) is 55.4 Å². The van der Waals surface area contributed by atoms with Crippen molar-refractivity contribution < 1.29 is 14.3 Å². The first-order valence-corrected chi connectivity index (χ1v) is 11.4. The maximum absolute atomic E-state index is 12.8. The fraction of sp³-hybridized carbons (Fsp3) is 0.217. The highest BCUT2D eigenvalue weighted by atomic mass is 32.2. The highest BCUT2D eigenvalue weighted by Crippen LogP contribution is 2.16. The number of nitrogens with one attached hydrogen (secondary N) is 1. The van der Waals surface area contributed by atoms with Crippen molar-refractivity contribution in [3.05, 3.63) is 88.6 Å². The van der Waals surface area contributed by atoms with Gasteiger partial charge in [0.15, 0.2) is 12.4 Å².